The molecule has 0 saturated heterocycles. The molecule has 1 rings (SSSR count). The third-order valence-electron chi connectivity index (χ3n) is 2.26. The van der Waals surface area contributed by atoms with Gasteiger partial charge in [0.05, 0.1) is 11.6 Å². The number of halogens is 1. The van der Waals surface area contributed by atoms with Crippen LogP contribution in [0, 0.1) is 0 Å². The van der Waals surface area contributed by atoms with Crippen LogP contribution in [0.2, 0.25) is 5.02 Å². The fourth-order valence-corrected chi connectivity index (χ4v) is 1.70. The van der Waals surface area contributed by atoms with Crippen LogP contribution in [0.1, 0.15) is 18.9 Å². The standard InChI is InChI=1S/C13H20ClNO2/c1-2-7-16-8-9-17-13-4-3-11(5-6-15)10-12(13)14/h3-4,10H,2,5-9,15H2,1H3. The van der Waals surface area contributed by atoms with Gasteiger partial charge in [0.25, 0.3) is 0 Å². The van der Waals surface area contributed by atoms with Gasteiger partial charge in [-0.05, 0) is 37.1 Å². The van der Waals surface area contributed by atoms with Crippen molar-refractivity contribution in [1.29, 1.82) is 0 Å². The Kier molecular flexibility index (Phi) is 7.01. The van der Waals surface area contributed by atoms with Crippen molar-refractivity contribution >= 4 is 11.6 Å². The molecule has 17 heavy (non-hydrogen) atoms. The van der Waals surface area contributed by atoms with Crippen molar-refractivity contribution in [3.63, 3.8) is 0 Å². The molecule has 1 aromatic carbocycles. The van der Waals surface area contributed by atoms with Crippen LogP contribution < -0.4 is 10.5 Å². The Hall–Kier alpha value is -0.770. The van der Waals surface area contributed by atoms with E-state index in [4.69, 9.17) is 26.8 Å². The van der Waals surface area contributed by atoms with Crippen molar-refractivity contribution in [2.24, 2.45) is 5.73 Å². The Balaban J connectivity index is 2.38. The van der Waals surface area contributed by atoms with Crippen LogP contribution in [0.25, 0.3) is 0 Å². The van der Waals surface area contributed by atoms with Crippen molar-refractivity contribution in [2.45, 2.75) is 19.8 Å². The Morgan fingerprint density at radius 1 is 1.24 bits per heavy atom. The van der Waals surface area contributed by atoms with Gasteiger partial charge in [-0.1, -0.05) is 24.6 Å². The van der Waals surface area contributed by atoms with Gasteiger partial charge in [-0.15, -0.1) is 0 Å². The van der Waals surface area contributed by atoms with Gasteiger partial charge in [0.1, 0.15) is 12.4 Å². The number of hydrogen-bond acceptors (Lipinski definition) is 3. The SMILES string of the molecule is CCCOCCOc1ccc(CCN)cc1Cl. The average Bonchev–Trinajstić information content (AvgIpc) is 2.32. The van der Waals surface area contributed by atoms with Crippen LogP contribution in [0.15, 0.2) is 18.2 Å². The van der Waals surface area contributed by atoms with E-state index in [1.54, 1.807) is 0 Å². The second kappa shape index (κ2) is 8.34. The highest BCUT2D eigenvalue weighted by atomic mass is 35.5. The van der Waals surface area contributed by atoms with Gasteiger partial charge in [-0.3, -0.25) is 0 Å². The monoisotopic (exact) mass is 257 g/mol. The fourth-order valence-electron chi connectivity index (χ4n) is 1.44. The normalized spacial score (nSPS) is 10.5. The molecule has 0 amide bonds. The lowest BCUT2D eigenvalue weighted by Crippen LogP contribution is -2.07. The van der Waals surface area contributed by atoms with E-state index in [1.165, 1.54) is 0 Å². The molecular weight excluding hydrogens is 238 g/mol. The molecule has 0 aliphatic rings. The number of ether oxygens (including phenoxy) is 2. The fraction of sp³-hybridized carbons (Fsp3) is 0.538. The molecule has 0 spiro atoms. The third kappa shape index (κ3) is 5.39. The van der Waals surface area contributed by atoms with Gasteiger partial charge < -0.3 is 15.2 Å². The lowest BCUT2D eigenvalue weighted by Gasteiger charge is -2.09. The van der Waals surface area contributed by atoms with E-state index in [2.05, 4.69) is 6.92 Å². The lowest BCUT2D eigenvalue weighted by atomic mass is 10.1. The van der Waals surface area contributed by atoms with Crippen molar-refractivity contribution in [3.05, 3.63) is 28.8 Å². The van der Waals surface area contributed by atoms with Crippen molar-refractivity contribution < 1.29 is 9.47 Å². The maximum Gasteiger partial charge on any atom is 0.138 e. The molecule has 0 unspecified atom stereocenters. The highest BCUT2D eigenvalue weighted by Crippen LogP contribution is 2.25. The zero-order chi connectivity index (χ0) is 12.5. The Bertz CT molecular complexity index is 331. The van der Waals surface area contributed by atoms with Crippen molar-refractivity contribution in [3.8, 4) is 5.75 Å². The molecule has 4 heteroatoms. The summed E-state index contributed by atoms with van der Waals surface area (Å²) in [4.78, 5) is 0. The molecule has 0 radical (unpaired) electrons. The van der Waals surface area contributed by atoms with Crippen LogP contribution in [-0.4, -0.2) is 26.4 Å². The van der Waals surface area contributed by atoms with Gasteiger partial charge >= 0.3 is 0 Å². The van der Waals surface area contributed by atoms with E-state index < -0.39 is 0 Å². The minimum atomic E-state index is 0.524. The topological polar surface area (TPSA) is 44.5 Å². The van der Waals surface area contributed by atoms with Gasteiger partial charge in [-0.2, -0.15) is 0 Å². The van der Waals surface area contributed by atoms with Gasteiger partial charge in [0, 0.05) is 6.61 Å². The van der Waals surface area contributed by atoms with Crippen molar-refractivity contribution in [2.75, 3.05) is 26.4 Å². The maximum absolute atomic E-state index is 6.10. The van der Waals surface area contributed by atoms with E-state index in [0.717, 1.165) is 25.0 Å². The zero-order valence-corrected chi connectivity index (χ0v) is 11.0. The van der Waals surface area contributed by atoms with Crippen LogP contribution in [0.4, 0.5) is 0 Å². The Morgan fingerprint density at radius 2 is 2.06 bits per heavy atom. The van der Waals surface area contributed by atoms with E-state index in [9.17, 15) is 0 Å². The summed E-state index contributed by atoms with van der Waals surface area (Å²) in [5.74, 6) is 0.701. The van der Waals surface area contributed by atoms with Gasteiger partial charge in [0.2, 0.25) is 0 Å². The van der Waals surface area contributed by atoms with E-state index in [1.807, 2.05) is 18.2 Å². The Labute approximate surface area is 108 Å². The van der Waals surface area contributed by atoms with E-state index >= 15 is 0 Å². The molecule has 96 valence electrons. The highest BCUT2D eigenvalue weighted by molar-refractivity contribution is 6.32. The summed E-state index contributed by atoms with van der Waals surface area (Å²) >= 11 is 6.10. The predicted molar refractivity (Wildman–Crippen MR) is 70.8 cm³/mol. The first-order chi connectivity index (χ1) is 8.27. The first-order valence-electron chi connectivity index (χ1n) is 5.97. The summed E-state index contributed by atoms with van der Waals surface area (Å²) in [5, 5.41) is 0.631. The minimum Gasteiger partial charge on any atom is -0.490 e. The summed E-state index contributed by atoms with van der Waals surface area (Å²) in [6.45, 7) is 4.59. The summed E-state index contributed by atoms with van der Waals surface area (Å²) < 4.78 is 10.9. The first kappa shape index (κ1) is 14.3. The number of hydrogen-bond donors (Lipinski definition) is 1. The minimum absolute atomic E-state index is 0.524. The molecule has 0 aliphatic carbocycles. The van der Waals surface area contributed by atoms with Gasteiger partial charge in [0.15, 0.2) is 0 Å². The molecule has 0 bridgehead atoms. The van der Waals surface area contributed by atoms with Crippen LogP contribution in [0.5, 0.6) is 5.75 Å². The number of rotatable bonds is 8. The summed E-state index contributed by atoms with van der Waals surface area (Å²) in [6, 6.07) is 5.77. The first-order valence-corrected chi connectivity index (χ1v) is 6.34. The summed E-state index contributed by atoms with van der Waals surface area (Å²) in [7, 11) is 0. The van der Waals surface area contributed by atoms with E-state index in [-0.39, 0.29) is 0 Å². The van der Waals surface area contributed by atoms with Gasteiger partial charge in [-0.25, -0.2) is 0 Å². The Morgan fingerprint density at radius 3 is 2.71 bits per heavy atom. The smallest absolute Gasteiger partial charge is 0.138 e. The largest absolute Gasteiger partial charge is 0.490 e. The predicted octanol–water partition coefficient (Wildman–Crippen LogP) is 2.65. The van der Waals surface area contributed by atoms with Crippen LogP contribution in [-0.2, 0) is 11.2 Å². The summed E-state index contributed by atoms with van der Waals surface area (Å²) in [6.07, 6.45) is 1.86. The van der Waals surface area contributed by atoms with Crippen LogP contribution >= 0.6 is 11.6 Å². The molecule has 0 heterocycles. The lowest BCUT2D eigenvalue weighted by molar-refractivity contribution is 0.101. The van der Waals surface area contributed by atoms with Crippen molar-refractivity contribution in [1.82, 2.24) is 0 Å². The van der Waals surface area contributed by atoms with Crippen LogP contribution in [0.3, 0.4) is 0 Å². The molecule has 0 saturated carbocycles. The highest BCUT2D eigenvalue weighted by Gasteiger charge is 2.02. The molecule has 0 fully saturated rings. The number of nitrogens with two attached hydrogens (primary N) is 1. The molecule has 1 aromatic rings. The van der Waals surface area contributed by atoms with E-state index in [0.29, 0.717) is 30.5 Å². The quantitative estimate of drug-likeness (QED) is 0.728. The summed E-state index contributed by atoms with van der Waals surface area (Å²) in [5.41, 5.74) is 6.62. The molecule has 0 aromatic heterocycles. The maximum atomic E-state index is 6.10. The third-order valence-corrected chi connectivity index (χ3v) is 2.56. The molecule has 0 atom stereocenters. The second-order valence-corrected chi connectivity index (χ2v) is 4.17. The second-order valence-electron chi connectivity index (χ2n) is 3.76. The molecule has 3 nitrogen and oxygen atoms in total. The average molecular weight is 258 g/mol. The number of benzene rings is 1. The molecule has 2 N–H and O–H groups in total. The molecule has 0 aliphatic heterocycles. The zero-order valence-electron chi connectivity index (χ0n) is 10.2. The molecular formula is C13H20ClNO2.